The zero-order chi connectivity index (χ0) is 23.3. The van der Waals surface area contributed by atoms with E-state index in [0.29, 0.717) is 30.6 Å². The van der Waals surface area contributed by atoms with Gasteiger partial charge in [-0.3, -0.25) is 24.6 Å². The number of para-hydroxylation sites is 2. The lowest BCUT2D eigenvalue weighted by atomic mass is 9.96. The smallest absolute Gasteiger partial charge is 0.322 e. The Kier molecular flexibility index (Phi) is 4.84. The van der Waals surface area contributed by atoms with E-state index in [4.69, 9.17) is 0 Å². The number of rotatable bonds is 4. The van der Waals surface area contributed by atoms with Crippen molar-refractivity contribution in [2.24, 2.45) is 0 Å². The molecule has 0 bridgehead atoms. The fourth-order valence-corrected chi connectivity index (χ4v) is 5.11. The predicted molar refractivity (Wildman–Crippen MR) is 123 cm³/mol. The summed E-state index contributed by atoms with van der Waals surface area (Å²) in [6, 6.07) is 12.2. The molecule has 2 atom stereocenters. The molecule has 33 heavy (non-hydrogen) atoms. The fourth-order valence-electron chi connectivity index (χ4n) is 5.11. The minimum Gasteiger partial charge on any atom is -0.361 e. The van der Waals surface area contributed by atoms with E-state index < -0.39 is 11.6 Å². The minimum absolute atomic E-state index is 0.0975. The summed E-state index contributed by atoms with van der Waals surface area (Å²) in [6.07, 6.45) is 1.42. The summed E-state index contributed by atoms with van der Waals surface area (Å²) >= 11 is 0. The van der Waals surface area contributed by atoms with Crippen LogP contribution < -0.4 is 25.8 Å². The number of anilines is 3. The van der Waals surface area contributed by atoms with Crippen molar-refractivity contribution in [2.75, 3.05) is 28.7 Å². The number of amides is 5. The summed E-state index contributed by atoms with van der Waals surface area (Å²) in [7, 11) is 1.90. The van der Waals surface area contributed by atoms with Gasteiger partial charge in [-0.1, -0.05) is 25.1 Å². The van der Waals surface area contributed by atoms with Gasteiger partial charge in [0.15, 0.2) is 0 Å². The first kappa shape index (κ1) is 21.0. The molecular formula is C24H25N5O4. The minimum atomic E-state index is -0.951. The number of imide groups is 1. The van der Waals surface area contributed by atoms with E-state index in [0.717, 1.165) is 16.8 Å². The van der Waals surface area contributed by atoms with Gasteiger partial charge in [0.25, 0.3) is 5.91 Å². The van der Waals surface area contributed by atoms with Crippen molar-refractivity contribution in [2.45, 2.75) is 37.8 Å². The van der Waals surface area contributed by atoms with Crippen molar-refractivity contribution in [3.05, 3.63) is 53.6 Å². The number of hydrogen-bond donors (Lipinski definition) is 3. The van der Waals surface area contributed by atoms with E-state index in [2.05, 4.69) is 16.0 Å². The highest BCUT2D eigenvalue weighted by Gasteiger charge is 2.50. The average Bonchev–Trinajstić information content (AvgIpc) is 3.28. The SMILES string of the molecule is CCC1C(=O)N(CC(=O)Nc2ccc3c(c2)CC2(C3)NC(=O)NC2=O)c2ccccc2N1C. The van der Waals surface area contributed by atoms with Gasteiger partial charge in [-0.2, -0.15) is 0 Å². The van der Waals surface area contributed by atoms with E-state index >= 15 is 0 Å². The van der Waals surface area contributed by atoms with Crippen LogP contribution in [0.1, 0.15) is 24.5 Å². The standard InChI is InChI=1S/C24H25N5O4/c1-3-17-21(31)29(19-7-5-4-6-18(19)28(17)2)13-20(30)25-16-9-8-14-11-24(12-15(14)10-16)22(32)26-23(33)27-24/h4-10,17H,3,11-13H2,1-2H3,(H,25,30)(H2,26,27,32,33). The molecule has 0 radical (unpaired) electrons. The molecule has 9 nitrogen and oxygen atoms in total. The lowest BCUT2D eigenvalue weighted by Gasteiger charge is -2.40. The van der Waals surface area contributed by atoms with Crippen molar-refractivity contribution in [1.29, 1.82) is 0 Å². The number of urea groups is 1. The normalized spacial score (nSPS) is 23.3. The molecule has 3 N–H and O–H groups in total. The van der Waals surface area contributed by atoms with Crippen LogP contribution >= 0.6 is 0 Å². The van der Waals surface area contributed by atoms with Gasteiger partial charge in [0.05, 0.1) is 11.4 Å². The van der Waals surface area contributed by atoms with Gasteiger partial charge < -0.3 is 15.5 Å². The number of nitrogens with one attached hydrogen (secondary N) is 3. The molecule has 2 aromatic carbocycles. The highest BCUT2D eigenvalue weighted by atomic mass is 16.2. The van der Waals surface area contributed by atoms with Gasteiger partial charge >= 0.3 is 6.03 Å². The topological polar surface area (TPSA) is 111 Å². The molecular weight excluding hydrogens is 422 g/mol. The highest BCUT2D eigenvalue weighted by molar-refractivity contribution is 6.10. The van der Waals surface area contributed by atoms with E-state index in [1.165, 1.54) is 0 Å². The van der Waals surface area contributed by atoms with Crippen LogP contribution in [0.15, 0.2) is 42.5 Å². The summed E-state index contributed by atoms with van der Waals surface area (Å²) in [5, 5.41) is 7.91. The summed E-state index contributed by atoms with van der Waals surface area (Å²) in [5.41, 5.74) is 3.12. The number of carbonyl (C=O) groups is 4. The third kappa shape index (κ3) is 3.40. The fraction of sp³-hybridized carbons (Fsp3) is 0.333. The predicted octanol–water partition coefficient (Wildman–Crippen LogP) is 1.56. The van der Waals surface area contributed by atoms with Gasteiger partial charge in [-0.05, 0) is 41.8 Å². The molecule has 170 valence electrons. The Morgan fingerprint density at radius 1 is 1.09 bits per heavy atom. The largest absolute Gasteiger partial charge is 0.361 e. The summed E-state index contributed by atoms with van der Waals surface area (Å²) < 4.78 is 0. The second-order valence-corrected chi connectivity index (χ2v) is 8.82. The zero-order valence-corrected chi connectivity index (χ0v) is 18.5. The van der Waals surface area contributed by atoms with Crippen molar-refractivity contribution >= 4 is 40.8 Å². The molecule has 1 fully saturated rings. The van der Waals surface area contributed by atoms with Crippen LogP contribution in [-0.2, 0) is 27.2 Å². The molecule has 2 unspecified atom stereocenters. The molecule has 2 heterocycles. The number of fused-ring (bicyclic) bond motifs is 2. The first-order chi connectivity index (χ1) is 15.8. The second kappa shape index (κ2) is 7.61. The number of nitrogens with zero attached hydrogens (tertiary/aromatic N) is 2. The quantitative estimate of drug-likeness (QED) is 0.616. The maximum atomic E-state index is 13.1. The Morgan fingerprint density at radius 2 is 1.82 bits per heavy atom. The number of benzene rings is 2. The number of likely N-dealkylation sites (N-methyl/N-ethyl adjacent to an activating group) is 1. The van der Waals surface area contributed by atoms with Crippen molar-refractivity contribution in [3.63, 3.8) is 0 Å². The third-order valence-electron chi connectivity index (χ3n) is 6.75. The van der Waals surface area contributed by atoms with E-state index in [1.54, 1.807) is 11.0 Å². The van der Waals surface area contributed by atoms with Crippen LogP contribution in [0.5, 0.6) is 0 Å². The van der Waals surface area contributed by atoms with Crippen molar-refractivity contribution in [3.8, 4) is 0 Å². The van der Waals surface area contributed by atoms with E-state index in [-0.39, 0.29) is 30.3 Å². The Labute approximate surface area is 191 Å². The first-order valence-electron chi connectivity index (χ1n) is 11.0. The van der Waals surface area contributed by atoms with Gasteiger partial charge in [-0.15, -0.1) is 0 Å². The third-order valence-corrected chi connectivity index (χ3v) is 6.75. The number of carbonyl (C=O) groups excluding carboxylic acids is 4. The van der Waals surface area contributed by atoms with Crippen LogP contribution in [0.3, 0.4) is 0 Å². The van der Waals surface area contributed by atoms with Gasteiger partial charge in [0.1, 0.15) is 18.1 Å². The van der Waals surface area contributed by atoms with Crippen LogP contribution in [0, 0.1) is 0 Å². The molecule has 1 spiro atoms. The molecule has 2 aliphatic heterocycles. The highest BCUT2D eigenvalue weighted by Crippen LogP contribution is 2.36. The van der Waals surface area contributed by atoms with Crippen molar-refractivity contribution in [1.82, 2.24) is 10.6 Å². The molecule has 1 saturated heterocycles. The summed E-state index contributed by atoms with van der Waals surface area (Å²) in [5.74, 6) is -0.739. The molecule has 9 heteroatoms. The molecule has 5 amide bonds. The van der Waals surface area contributed by atoms with Crippen LogP contribution in [-0.4, -0.2) is 48.9 Å². The van der Waals surface area contributed by atoms with Crippen LogP contribution in [0.4, 0.5) is 21.9 Å². The molecule has 3 aliphatic rings. The van der Waals surface area contributed by atoms with E-state index in [1.807, 2.05) is 55.3 Å². The Morgan fingerprint density at radius 3 is 2.52 bits per heavy atom. The molecule has 5 rings (SSSR count). The Balaban J connectivity index is 1.33. The monoisotopic (exact) mass is 447 g/mol. The van der Waals surface area contributed by atoms with Gasteiger partial charge in [0, 0.05) is 25.6 Å². The Hall–Kier alpha value is -3.88. The summed E-state index contributed by atoms with van der Waals surface area (Å²) in [4.78, 5) is 53.4. The van der Waals surface area contributed by atoms with Gasteiger partial charge in [0.2, 0.25) is 11.8 Å². The zero-order valence-electron chi connectivity index (χ0n) is 18.5. The van der Waals surface area contributed by atoms with Crippen LogP contribution in [0.25, 0.3) is 0 Å². The molecule has 1 aliphatic carbocycles. The Bertz CT molecular complexity index is 1200. The molecule has 2 aromatic rings. The van der Waals surface area contributed by atoms with Gasteiger partial charge in [-0.25, -0.2) is 4.79 Å². The maximum Gasteiger partial charge on any atom is 0.322 e. The first-order valence-corrected chi connectivity index (χ1v) is 11.0. The second-order valence-electron chi connectivity index (χ2n) is 8.82. The lowest BCUT2D eigenvalue weighted by molar-refractivity contribution is -0.123. The average molecular weight is 447 g/mol. The van der Waals surface area contributed by atoms with Crippen molar-refractivity contribution < 1.29 is 19.2 Å². The molecule has 0 aromatic heterocycles. The molecule has 0 saturated carbocycles. The maximum absolute atomic E-state index is 13.1. The van der Waals surface area contributed by atoms with E-state index in [9.17, 15) is 19.2 Å². The summed E-state index contributed by atoms with van der Waals surface area (Å²) in [6.45, 7) is 1.86. The van der Waals surface area contributed by atoms with Crippen LogP contribution in [0.2, 0.25) is 0 Å². The lowest BCUT2D eigenvalue weighted by Crippen LogP contribution is -2.53. The number of hydrogen-bond acceptors (Lipinski definition) is 5.